The van der Waals surface area contributed by atoms with Crippen LogP contribution < -0.4 is 0 Å². The summed E-state index contributed by atoms with van der Waals surface area (Å²) in [6, 6.07) is 9.01. The van der Waals surface area contributed by atoms with Crippen molar-refractivity contribution in [1.82, 2.24) is 4.31 Å². The number of benzene rings is 2. The summed E-state index contributed by atoms with van der Waals surface area (Å²) in [4.78, 5) is 23.5. The van der Waals surface area contributed by atoms with Gasteiger partial charge in [0.15, 0.2) is 5.78 Å². The lowest BCUT2D eigenvalue weighted by atomic mass is 9.89. The van der Waals surface area contributed by atoms with E-state index in [4.69, 9.17) is 5.11 Å². The topological polar surface area (TPSA) is 91.8 Å². The van der Waals surface area contributed by atoms with Crippen LogP contribution >= 0.6 is 0 Å². The van der Waals surface area contributed by atoms with Gasteiger partial charge in [-0.1, -0.05) is 12.1 Å². The Morgan fingerprint density at radius 3 is 2.10 bits per heavy atom. The van der Waals surface area contributed by atoms with E-state index in [0.717, 1.165) is 12.1 Å². The summed E-state index contributed by atoms with van der Waals surface area (Å²) in [5.41, 5.74) is -0.993. The Morgan fingerprint density at radius 2 is 1.57 bits per heavy atom. The average molecular weight is 441 g/mol. The molecule has 0 atom stereocenters. The molecule has 1 saturated heterocycles. The zero-order valence-electron chi connectivity index (χ0n) is 15.6. The maximum atomic E-state index is 12.9. The fourth-order valence-corrected chi connectivity index (χ4v) is 4.83. The highest BCUT2D eigenvalue weighted by atomic mass is 32.2. The number of rotatable bonds is 5. The van der Waals surface area contributed by atoms with Crippen molar-refractivity contribution >= 4 is 21.8 Å². The normalized spacial score (nSPS) is 16.4. The smallest absolute Gasteiger partial charge is 0.416 e. The first-order valence-corrected chi connectivity index (χ1v) is 10.5. The minimum Gasteiger partial charge on any atom is -0.478 e. The quantitative estimate of drug-likeness (QED) is 0.715. The van der Waals surface area contributed by atoms with Crippen molar-refractivity contribution in [2.45, 2.75) is 23.9 Å². The Morgan fingerprint density at radius 1 is 0.967 bits per heavy atom. The number of carboxylic acid groups (broad SMARTS) is 1. The predicted octanol–water partition coefficient (Wildman–Crippen LogP) is 3.69. The number of carboxylic acids is 1. The van der Waals surface area contributed by atoms with Crippen LogP contribution in [0.4, 0.5) is 13.2 Å². The first kappa shape index (κ1) is 22.0. The van der Waals surface area contributed by atoms with Gasteiger partial charge in [0.1, 0.15) is 0 Å². The molecule has 0 aromatic heterocycles. The summed E-state index contributed by atoms with van der Waals surface area (Å²) < 4.78 is 65.3. The van der Waals surface area contributed by atoms with E-state index < -0.39 is 39.4 Å². The minimum absolute atomic E-state index is 0.0401. The van der Waals surface area contributed by atoms with Crippen molar-refractivity contribution in [3.8, 4) is 0 Å². The number of hydrogen-bond donors (Lipinski definition) is 1. The van der Waals surface area contributed by atoms with Crippen LogP contribution in [0, 0.1) is 5.92 Å². The second-order valence-corrected chi connectivity index (χ2v) is 8.89. The molecule has 1 fully saturated rings. The first-order valence-electron chi connectivity index (χ1n) is 9.05. The van der Waals surface area contributed by atoms with Crippen molar-refractivity contribution in [1.29, 1.82) is 0 Å². The molecule has 1 heterocycles. The van der Waals surface area contributed by atoms with E-state index in [1.54, 1.807) is 0 Å². The van der Waals surface area contributed by atoms with Gasteiger partial charge >= 0.3 is 12.1 Å². The van der Waals surface area contributed by atoms with Crippen molar-refractivity contribution in [3.63, 3.8) is 0 Å². The second-order valence-electron chi connectivity index (χ2n) is 6.95. The number of aromatic carboxylic acids is 1. The molecule has 0 aliphatic carbocycles. The highest BCUT2D eigenvalue weighted by molar-refractivity contribution is 7.89. The summed E-state index contributed by atoms with van der Waals surface area (Å²) in [7, 11) is -3.86. The van der Waals surface area contributed by atoms with E-state index in [1.807, 2.05) is 0 Å². The van der Waals surface area contributed by atoms with Crippen LogP contribution in [0.1, 0.15) is 39.1 Å². The van der Waals surface area contributed by atoms with E-state index in [-0.39, 0.29) is 42.0 Å². The molecule has 0 bridgehead atoms. The predicted molar refractivity (Wildman–Crippen MR) is 101 cm³/mol. The maximum Gasteiger partial charge on any atom is 0.416 e. The van der Waals surface area contributed by atoms with Crippen LogP contribution in [0.3, 0.4) is 0 Å². The molecule has 10 heteroatoms. The second kappa shape index (κ2) is 8.19. The highest BCUT2D eigenvalue weighted by Crippen LogP contribution is 2.31. The molecule has 0 spiro atoms. The van der Waals surface area contributed by atoms with E-state index in [2.05, 4.69) is 0 Å². The van der Waals surface area contributed by atoms with Gasteiger partial charge in [0, 0.05) is 24.6 Å². The molecular weight excluding hydrogens is 423 g/mol. The molecule has 160 valence electrons. The minimum atomic E-state index is -4.55. The van der Waals surface area contributed by atoms with Crippen LogP contribution in [0.5, 0.6) is 0 Å². The third-order valence-electron chi connectivity index (χ3n) is 5.04. The van der Waals surface area contributed by atoms with E-state index in [1.165, 1.54) is 40.7 Å². The molecule has 0 amide bonds. The number of sulfonamides is 1. The van der Waals surface area contributed by atoms with Gasteiger partial charge < -0.3 is 5.11 Å². The largest absolute Gasteiger partial charge is 0.478 e. The van der Waals surface area contributed by atoms with E-state index in [9.17, 15) is 31.2 Å². The van der Waals surface area contributed by atoms with Crippen molar-refractivity contribution in [2.24, 2.45) is 5.92 Å². The number of hydrogen-bond acceptors (Lipinski definition) is 4. The lowest BCUT2D eigenvalue weighted by molar-refractivity contribution is -0.137. The van der Waals surface area contributed by atoms with Gasteiger partial charge in [-0.25, -0.2) is 13.2 Å². The van der Waals surface area contributed by atoms with Crippen LogP contribution in [0.2, 0.25) is 0 Å². The zero-order chi connectivity index (χ0) is 22.1. The molecular formula is C20H18F3NO5S. The molecule has 0 unspecified atom stereocenters. The number of carbonyl (C=O) groups excluding carboxylic acids is 1. The average Bonchev–Trinajstić information content (AvgIpc) is 2.73. The number of carbonyl (C=O) groups is 2. The zero-order valence-corrected chi connectivity index (χ0v) is 16.4. The molecule has 2 aromatic carbocycles. The Hall–Kier alpha value is -2.72. The fourth-order valence-electron chi connectivity index (χ4n) is 3.36. The number of Topliss-reactive ketones (excluding diaryl/α,β-unsaturated/α-hetero) is 1. The van der Waals surface area contributed by atoms with Gasteiger partial charge in [-0.15, -0.1) is 0 Å². The molecule has 1 aliphatic rings. The van der Waals surface area contributed by atoms with Crippen molar-refractivity contribution in [2.75, 3.05) is 13.1 Å². The lowest BCUT2D eigenvalue weighted by Crippen LogP contribution is -2.40. The monoisotopic (exact) mass is 441 g/mol. The lowest BCUT2D eigenvalue weighted by Gasteiger charge is -2.30. The summed E-state index contributed by atoms with van der Waals surface area (Å²) in [5.74, 6) is -2.19. The standard InChI is InChI=1S/C20H18F3NO5S/c21-20(22,23)16-3-1-2-15(12-16)18(25)13-8-10-24(11-9-13)30(28,29)17-6-4-14(5-7-17)19(26)27/h1-7,12-13H,8-11H2,(H,26,27). The number of ketones is 1. The van der Waals surface area contributed by atoms with Gasteiger partial charge in [-0.05, 0) is 49.2 Å². The number of nitrogens with zero attached hydrogens (tertiary/aromatic N) is 1. The van der Waals surface area contributed by atoms with Gasteiger partial charge in [-0.3, -0.25) is 4.79 Å². The van der Waals surface area contributed by atoms with E-state index >= 15 is 0 Å². The maximum absolute atomic E-state index is 12.9. The van der Waals surface area contributed by atoms with Crippen molar-refractivity contribution < 1.29 is 36.3 Å². The summed E-state index contributed by atoms with van der Waals surface area (Å²) in [5, 5.41) is 8.91. The van der Waals surface area contributed by atoms with Crippen LogP contribution in [-0.2, 0) is 16.2 Å². The molecule has 0 radical (unpaired) electrons. The molecule has 2 aromatic rings. The SMILES string of the molecule is O=C(O)c1ccc(S(=O)(=O)N2CCC(C(=O)c3cccc(C(F)(F)F)c3)CC2)cc1. The first-order chi connectivity index (χ1) is 14.0. The third-order valence-corrected chi connectivity index (χ3v) is 6.95. The summed E-state index contributed by atoms with van der Waals surface area (Å²) in [6.07, 6.45) is -4.19. The number of alkyl halides is 3. The molecule has 1 N–H and O–H groups in total. The van der Waals surface area contributed by atoms with Crippen LogP contribution in [0.25, 0.3) is 0 Å². The number of halogens is 3. The van der Waals surface area contributed by atoms with Gasteiger partial charge in [0.05, 0.1) is 16.0 Å². The Bertz CT molecular complexity index is 1060. The van der Waals surface area contributed by atoms with Crippen LogP contribution in [-0.4, -0.2) is 42.7 Å². The highest BCUT2D eigenvalue weighted by Gasteiger charge is 2.34. The van der Waals surface area contributed by atoms with Crippen LogP contribution in [0.15, 0.2) is 53.4 Å². The van der Waals surface area contributed by atoms with Gasteiger partial charge in [0.2, 0.25) is 10.0 Å². The van der Waals surface area contributed by atoms with E-state index in [0.29, 0.717) is 0 Å². The third kappa shape index (κ3) is 4.54. The van der Waals surface area contributed by atoms with Gasteiger partial charge in [0.25, 0.3) is 0 Å². The molecule has 6 nitrogen and oxygen atoms in total. The summed E-state index contributed by atoms with van der Waals surface area (Å²) >= 11 is 0. The summed E-state index contributed by atoms with van der Waals surface area (Å²) in [6.45, 7) is 0.0801. The molecule has 30 heavy (non-hydrogen) atoms. The number of piperidine rings is 1. The molecule has 3 rings (SSSR count). The Kier molecular flexibility index (Phi) is 6.00. The molecule has 1 aliphatic heterocycles. The fraction of sp³-hybridized carbons (Fsp3) is 0.300. The Balaban J connectivity index is 1.69. The molecule has 0 saturated carbocycles. The van der Waals surface area contributed by atoms with Gasteiger partial charge in [-0.2, -0.15) is 17.5 Å². The van der Waals surface area contributed by atoms with Crippen molar-refractivity contribution in [3.05, 3.63) is 65.2 Å². The Labute approximate surface area is 171 Å².